The SMILES string of the molecule is CCOC(=O)c1cc2c(s1)CCN(Cc1ccccc1)c1ccccc1-2. The Morgan fingerprint density at radius 2 is 1.85 bits per heavy atom. The number of fused-ring (bicyclic) bond motifs is 3. The third-order valence-corrected chi connectivity index (χ3v) is 5.82. The molecule has 0 fully saturated rings. The zero-order valence-corrected chi connectivity index (χ0v) is 15.6. The number of para-hydroxylation sites is 1. The number of carbonyl (C=O) groups is 1. The van der Waals surface area contributed by atoms with Crippen molar-refractivity contribution in [2.75, 3.05) is 18.1 Å². The molecular formula is C22H21NO2S. The van der Waals surface area contributed by atoms with Crippen LogP contribution in [0.15, 0.2) is 60.7 Å². The minimum Gasteiger partial charge on any atom is -0.462 e. The third-order valence-electron chi connectivity index (χ3n) is 4.65. The third kappa shape index (κ3) is 3.25. The number of hydrogen-bond donors (Lipinski definition) is 0. The van der Waals surface area contributed by atoms with E-state index in [0.29, 0.717) is 11.5 Å². The van der Waals surface area contributed by atoms with Gasteiger partial charge < -0.3 is 9.64 Å². The predicted molar refractivity (Wildman–Crippen MR) is 107 cm³/mol. The largest absolute Gasteiger partial charge is 0.462 e. The Labute approximate surface area is 157 Å². The van der Waals surface area contributed by atoms with Gasteiger partial charge in [0.05, 0.1) is 6.61 Å². The minimum absolute atomic E-state index is 0.218. The van der Waals surface area contributed by atoms with Crippen LogP contribution < -0.4 is 4.90 Å². The smallest absolute Gasteiger partial charge is 0.348 e. The Morgan fingerprint density at radius 1 is 1.08 bits per heavy atom. The monoisotopic (exact) mass is 363 g/mol. The molecule has 1 aliphatic heterocycles. The van der Waals surface area contributed by atoms with Gasteiger partial charge in [0.2, 0.25) is 0 Å². The van der Waals surface area contributed by atoms with Gasteiger partial charge in [0.1, 0.15) is 4.88 Å². The summed E-state index contributed by atoms with van der Waals surface area (Å²) < 4.78 is 5.19. The number of ether oxygens (including phenoxy) is 1. The van der Waals surface area contributed by atoms with Crippen LogP contribution in [0.3, 0.4) is 0 Å². The van der Waals surface area contributed by atoms with E-state index in [1.165, 1.54) is 27.3 Å². The van der Waals surface area contributed by atoms with Crippen molar-refractivity contribution in [3.63, 3.8) is 0 Å². The van der Waals surface area contributed by atoms with E-state index in [4.69, 9.17) is 4.74 Å². The molecule has 1 aromatic heterocycles. The molecule has 4 rings (SSSR count). The molecule has 0 saturated carbocycles. The van der Waals surface area contributed by atoms with Gasteiger partial charge in [-0.1, -0.05) is 48.5 Å². The van der Waals surface area contributed by atoms with Crippen LogP contribution in [0.4, 0.5) is 5.69 Å². The average molecular weight is 363 g/mol. The molecule has 0 aliphatic carbocycles. The highest BCUT2D eigenvalue weighted by molar-refractivity contribution is 7.14. The summed E-state index contributed by atoms with van der Waals surface area (Å²) in [5, 5.41) is 0. The first-order valence-corrected chi connectivity index (χ1v) is 9.76. The van der Waals surface area contributed by atoms with E-state index >= 15 is 0 Å². The van der Waals surface area contributed by atoms with Gasteiger partial charge in [-0.2, -0.15) is 0 Å². The summed E-state index contributed by atoms with van der Waals surface area (Å²) in [6.07, 6.45) is 0.931. The highest BCUT2D eigenvalue weighted by Crippen LogP contribution is 2.41. The quantitative estimate of drug-likeness (QED) is 0.600. The highest BCUT2D eigenvalue weighted by Gasteiger charge is 2.24. The lowest BCUT2D eigenvalue weighted by molar-refractivity contribution is 0.0532. The van der Waals surface area contributed by atoms with Crippen molar-refractivity contribution < 1.29 is 9.53 Å². The number of nitrogens with zero attached hydrogens (tertiary/aromatic N) is 1. The van der Waals surface area contributed by atoms with Gasteiger partial charge in [-0.05, 0) is 36.6 Å². The maximum Gasteiger partial charge on any atom is 0.348 e. The van der Waals surface area contributed by atoms with Crippen molar-refractivity contribution >= 4 is 23.0 Å². The molecule has 0 saturated heterocycles. The van der Waals surface area contributed by atoms with E-state index in [1.807, 2.05) is 19.1 Å². The first kappa shape index (κ1) is 16.9. The lowest BCUT2D eigenvalue weighted by Gasteiger charge is -2.25. The molecule has 1 aliphatic rings. The van der Waals surface area contributed by atoms with Crippen molar-refractivity contribution in [1.82, 2.24) is 0 Å². The van der Waals surface area contributed by atoms with Crippen molar-refractivity contribution in [2.24, 2.45) is 0 Å². The maximum absolute atomic E-state index is 12.1. The number of rotatable bonds is 4. The lowest BCUT2D eigenvalue weighted by Crippen LogP contribution is -2.24. The zero-order valence-electron chi connectivity index (χ0n) is 14.8. The van der Waals surface area contributed by atoms with Crippen LogP contribution in [0.2, 0.25) is 0 Å². The second-order valence-electron chi connectivity index (χ2n) is 6.34. The summed E-state index contributed by atoms with van der Waals surface area (Å²) in [5.41, 5.74) is 4.90. The molecule has 0 radical (unpaired) electrons. The Kier molecular flexibility index (Phi) is 4.76. The zero-order chi connectivity index (χ0) is 17.9. The molecule has 3 nitrogen and oxygen atoms in total. The van der Waals surface area contributed by atoms with E-state index in [9.17, 15) is 4.79 Å². The van der Waals surface area contributed by atoms with Crippen LogP contribution in [-0.2, 0) is 17.7 Å². The van der Waals surface area contributed by atoms with Gasteiger partial charge >= 0.3 is 5.97 Å². The van der Waals surface area contributed by atoms with Gasteiger partial charge in [0, 0.05) is 29.2 Å². The second kappa shape index (κ2) is 7.34. The molecule has 2 heterocycles. The molecular weight excluding hydrogens is 342 g/mol. The van der Waals surface area contributed by atoms with Gasteiger partial charge in [-0.15, -0.1) is 11.3 Å². The fraction of sp³-hybridized carbons (Fsp3) is 0.227. The van der Waals surface area contributed by atoms with Crippen molar-refractivity contribution in [1.29, 1.82) is 0 Å². The number of esters is 1. The summed E-state index contributed by atoms with van der Waals surface area (Å²) in [6.45, 7) is 4.06. The Bertz CT molecular complexity index is 917. The standard InChI is InChI=1S/C22H21NO2S/c1-2-25-22(24)21-14-18-17-10-6-7-11-19(17)23(13-12-20(18)26-21)15-16-8-4-3-5-9-16/h3-11,14H,2,12-13,15H2,1H3. The molecule has 26 heavy (non-hydrogen) atoms. The van der Waals surface area contributed by atoms with E-state index in [-0.39, 0.29) is 5.97 Å². The van der Waals surface area contributed by atoms with E-state index in [1.54, 1.807) is 11.3 Å². The topological polar surface area (TPSA) is 29.5 Å². The number of carbonyl (C=O) groups excluding carboxylic acids is 1. The van der Waals surface area contributed by atoms with Gasteiger partial charge in [0.15, 0.2) is 0 Å². The van der Waals surface area contributed by atoms with Crippen LogP contribution in [0.1, 0.15) is 27.0 Å². The van der Waals surface area contributed by atoms with Crippen LogP contribution in [0.5, 0.6) is 0 Å². The van der Waals surface area contributed by atoms with Crippen LogP contribution in [0.25, 0.3) is 11.1 Å². The van der Waals surface area contributed by atoms with Crippen LogP contribution >= 0.6 is 11.3 Å². The molecule has 4 heteroatoms. The van der Waals surface area contributed by atoms with Crippen molar-refractivity contribution in [2.45, 2.75) is 19.9 Å². The number of thiophene rings is 1. The molecule has 0 bridgehead atoms. The molecule has 0 atom stereocenters. The molecule has 132 valence electrons. The number of benzene rings is 2. The fourth-order valence-electron chi connectivity index (χ4n) is 3.45. The van der Waals surface area contributed by atoms with E-state index in [2.05, 4.69) is 53.4 Å². The van der Waals surface area contributed by atoms with Crippen molar-refractivity contribution in [3.8, 4) is 11.1 Å². The molecule has 0 spiro atoms. The van der Waals surface area contributed by atoms with E-state index in [0.717, 1.165) is 19.5 Å². The summed E-state index contributed by atoms with van der Waals surface area (Å²) in [6, 6.07) is 21.0. The summed E-state index contributed by atoms with van der Waals surface area (Å²) in [5.74, 6) is -0.218. The number of anilines is 1. The first-order valence-electron chi connectivity index (χ1n) is 8.94. The first-order chi connectivity index (χ1) is 12.8. The summed E-state index contributed by atoms with van der Waals surface area (Å²) >= 11 is 1.57. The highest BCUT2D eigenvalue weighted by atomic mass is 32.1. The summed E-state index contributed by atoms with van der Waals surface area (Å²) in [7, 11) is 0. The summed E-state index contributed by atoms with van der Waals surface area (Å²) in [4.78, 5) is 16.5. The molecule has 0 unspecified atom stereocenters. The van der Waals surface area contributed by atoms with Crippen LogP contribution in [0, 0.1) is 0 Å². The Morgan fingerprint density at radius 3 is 2.65 bits per heavy atom. The predicted octanol–water partition coefficient (Wildman–Crippen LogP) is 5.15. The molecule has 0 amide bonds. The fourth-order valence-corrected chi connectivity index (χ4v) is 4.50. The van der Waals surface area contributed by atoms with Crippen molar-refractivity contribution in [3.05, 3.63) is 76.0 Å². The Balaban J connectivity index is 1.71. The molecule has 0 N–H and O–H groups in total. The van der Waals surface area contributed by atoms with Gasteiger partial charge in [-0.25, -0.2) is 4.79 Å². The molecule has 2 aromatic carbocycles. The van der Waals surface area contributed by atoms with E-state index < -0.39 is 0 Å². The normalized spacial score (nSPS) is 12.9. The van der Waals surface area contributed by atoms with Gasteiger partial charge in [-0.3, -0.25) is 0 Å². The second-order valence-corrected chi connectivity index (χ2v) is 7.48. The Hall–Kier alpha value is -2.59. The minimum atomic E-state index is -0.218. The molecule has 3 aromatic rings. The lowest BCUT2D eigenvalue weighted by atomic mass is 10.0. The average Bonchev–Trinajstić information content (AvgIpc) is 3.05. The maximum atomic E-state index is 12.1. The van der Waals surface area contributed by atoms with Gasteiger partial charge in [0.25, 0.3) is 0 Å². The van der Waals surface area contributed by atoms with Crippen LogP contribution in [-0.4, -0.2) is 19.1 Å². The number of hydrogen-bond acceptors (Lipinski definition) is 4.